The molecule has 6 saturated carbocycles. The van der Waals surface area contributed by atoms with Crippen molar-refractivity contribution in [1.29, 1.82) is 0 Å². The van der Waals surface area contributed by atoms with Gasteiger partial charge in [-0.05, 0) is 254 Å². The first-order valence-electron chi connectivity index (χ1n) is 48.4. The van der Waals surface area contributed by atoms with Crippen molar-refractivity contribution in [2.24, 2.45) is 35.5 Å². The monoisotopic (exact) mass is 2000 g/mol. The largest absolute Gasteiger partial charge is 0.481 e. The average molecular weight is 2000 g/mol. The van der Waals surface area contributed by atoms with Gasteiger partial charge in [-0.15, -0.1) is 0 Å². The van der Waals surface area contributed by atoms with Crippen LogP contribution in [0.3, 0.4) is 0 Å². The molecule has 13 atom stereocenters. The fourth-order valence-electron chi connectivity index (χ4n) is 22.3. The maximum absolute atomic E-state index is 12.9. The number of Topliss-reactive ketones (excluding diaryl/α,β-unsaturated/α-hetero) is 1. The van der Waals surface area contributed by atoms with Crippen molar-refractivity contribution in [3.63, 3.8) is 0 Å². The molecule has 5 heterocycles. The zero-order valence-corrected chi connectivity index (χ0v) is 84.4. The van der Waals surface area contributed by atoms with Gasteiger partial charge in [-0.3, -0.25) is 13.8 Å². The molecule has 11 fully saturated rings. The Kier molecular flexibility index (Phi) is 29.8. The molecule has 0 N–H and O–H groups in total. The Labute approximate surface area is 840 Å². The van der Waals surface area contributed by atoms with Gasteiger partial charge in [-0.1, -0.05) is 146 Å². The molecule has 12 aromatic rings. The molecule has 26 heteroatoms. The number of cyclic esters (lactones) is 1. The van der Waals surface area contributed by atoms with Crippen LogP contribution in [0.25, 0.3) is 0 Å². The Bertz CT molecular complexity index is 6480. The number of carbonyl (C=O) groups is 7. The quantitative estimate of drug-likeness (QED) is 0.0191. The highest BCUT2D eigenvalue weighted by Gasteiger charge is 2.67. The number of aryl methyl sites for hydroxylation is 8. The summed E-state index contributed by atoms with van der Waals surface area (Å²) in [6.07, 6.45) is 2.89. The van der Waals surface area contributed by atoms with E-state index in [0.29, 0.717) is 61.1 Å². The van der Waals surface area contributed by atoms with Crippen molar-refractivity contribution in [1.82, 2.24) is 0 Å². The molecule has 0 radical (unpaired) electrons. The van der Waals surface area contributed by atoms with Crippen LogP contribution in [0.2, 0.25) is 0 Å². The molecule has 0 amide bonds. The molecule has 11 aliphatic rings. The molecule has 12 aromatic carbocycles. The summed E-state index contributed by atoms with van der Waals surface area (Å²) in [5.41, 5.74) is 7.24. The lowest BCUT2D eigenvalue weighted by Crippen LogP contribution is -2.57. The van der Waals surface area contributed by atoms with E-state index in [2.05, 4.69) is 243 Å². The normalized spacial score (nSPS) is 23.8. The number of ketones is 1. The van der Waals surface area contributed by atoms with E-state index in [1.54, 1.807) is 0 Å². The predicted octanol–water partition coefficient (Wildman–Crippen LogP) is 20.3. The van der Waals surface area contributed by atoms with Gasteiger partial charge in [0.1, 0.15) is 52.7 Å². The Morgan fingerprint density at radius 3 is 1.01 bits per heavy atom. The first-order chi connectivity index (χ1) is 68.7. The van der Waals surface area contributed by atoms with Crippen molar-refractivity contribution in [2.75, 3.05) is 33.0 Å². The topological polar surface area (TPSA) is 264 Å². The highest BCUT2D eigenvalue weighted by Crippen LogP contribution is 2.58. The minimum Gasteiger partial charge on any atom is -0.481 e. The number of ether oxygens (including phenoxy) is 11. The van der Waals surface area contributed by atoms with Gasteiger partial charge in [-0.2, -0.15) is 8.42 Å². The van der Waals surface area contributed by atoms with Gasteiger partial charge in [-0.25, -0.2) is 24.0 Å². The van der Waals surface area contributed by atoms with Crippen LogP contribution in [0.5, 0.6) is 23.0 Å². The van der Waals surface area contributed by atoms with E-state index in [-0.39, 0.29) is 130 Å². The lowest BCUT2D eigenvalue weighted by atomic mass is 9.53. The van der Waals surface area contributed by atoms with Gasteiger partial charge in [0.05, 0.1) is 67.5 Å². The molecular formula is C116H114O21S5+4. The Balaban J connectivity index is 0.000000120. The van der Waals surface area contributed by atoms with Gasteiger partial charge >= 0.3 is 35.8 Å². The molecule has 21 nitrogen and oxygen atoms in total. The Morgan fingerprint density at radius 2 is 0.683 bits per heavy atom. The van der Waals surface area contributed by atoms with E-state index in [1.807, 2.05) is 104 Å². The number of hydrogen-bond donors (Lipinski definition) is 0. The third-order valence-corrected chi connectivity index (χ3v) is 38.6. The van der Waals surface area contributed by atoms with Crippen LogP contribution in [0.1, 0.15) is 102 Å². The molecule has 0 spiro atoms. The summed E-state index contributed by atoms with van der Waals surface area (Å²) in [5, 5.41) is -0.436. The van der Waals surface area contributed by atoms with Crippen molar-refractivity contribution in [2.45, 2.75) is 226 Å². The van der Waals surface area contributed by atoms with Crippen LogP contribution < -0.4 is 18.9 Å². The number of fused-ring (bicyclic) bond motifs is 2. The number of esters is 6. The molecule has 142 heavy (non-hydrogen) atoms. The number of carbonyl (C=O) groups excluding carboxylic acids is 7. The number of rotatable bonds is 28. The van der Waals surface area contributed by atoms with Crippen LogP contribution in [-0.4, -0.2) is 137 Å². The van der Waals surface area contributed by atoms with Gasteiger partial charge in [0.15, 0.2) is 97.4 Å². The van der Waals surface area contributed by atoms with E-state index in [0.717, 1.165) is 75.9 Å². The SMILES string of the molecule is Cc1cc([S+](c2ccccc2)c2ccccc2)cc(C)c1OCC(=O)OC12CC3CC(C1)C(=O)C(C3)C2.Cc1cc([S+](c2ccccc2)c2ccccc2)cc(C)c1OCC(=O)OC1C2CC3C(=O)OC1C3O2.Cc1cc([S+](c2ccccc2)c2ccccc2)cc(C)c1OCC(=O)OC1C2CC3C1OS(=O)(=O)C3C2.Cc1cc([S+](c2ccccc2)c2ccccc2)cc(C)c1OCC(=O)OC1CCOC1=O. The van der Waals surface area contributed by atoms with Crippen LogP contribution in [-0.2, 0) is 125 Å². The molecule has 5 saturated heterocycles. The van der Waals surface area contributed by atoms with Gasteiger partial charge < -0.3 is 52.1 Å². The molecule has 8 bridgehead atoms. The minimum absolute atomic E-state index is 0.0397. The Morgan fingerprint density at radius 1 is 0.359 bits per heavy atom. The van der Waals surface area contributed by atoms with E-state index < -0.39 is 75.4 Å². The average Bonchev–Trinajstić information content (AvgIpc) is 1.41. The summed E-state index contributed by atoms with van der Waals surface area (Å²) >= 11 is 0. The minimum atomic E-state index is -3.54. The zero-order valence-electron chi connectivity index (χ0n) is 80.3. The second kappa shape index (κ2) is 43.0. The number of benzene rings is 12. The third kappa shape index (κ3) is 21.5. The smallest absolute Gasteiger partial charge is 0.347 e. The van der Waals surface area contributed by atoms with E-state index in [4.69, 9.17) is 56.3 Å². The third-order valence-electron chi connectivity index (χ3n) is 28.0. The molecule has 13 unspecified atom stereocenters. The first-order valence-corrected chi connectivity index (χ1v) is 54.7. The molecule has 5 aliphatic heterocycles. The molecule has 730 valence electrons. The van der Waals surface area contributed by atoms with Crippen molar-refractivity contribution < 1.29 is 98.3 Å². The van der Waals surface area contributed by atoms with Crippen molar-refractivity contribution >= 4 is 95.3 Å². The standard InChI is InChI=1S/C32H33O4S.C29H29O6S2.C29H27O6S.C26H25O5S/c1-21-13-28(37(26-9-5-3-6-10-26)27-11-7-4-8-12-27)14-22(2)31(21)35-20-29(33)36-32-17-23-15-24(18-32)30(34)25(16-23)19-32;1-18-13-23(36(21-9-5-3-6-10-21)22-11-7-4-8-12-22)14-19(2)27(18)33-17-26(30)34-28-20-15-24-25(16-20)37(31,32)35-29(24)28;1-17-13-21(36(19-9-5-3-6-10-19)20-11-7-4-8-12-20)14-18(2)25(17)32-16-24(30)34-27-23-15-22-26(33-23)28(27)35-29(22)31;1-18-15-22(32(20-9-5-3-6-10-20)21-11-7-4-8-12-21)16-19(2)25(18)30-17-24(27)31-23-13-14-29-26(23)28/h3-14,23-25H,15-20H2,1-2H3;3-14,20,24-25,28-29H,15-17H2,1-2H3;3-14,22-23,26-28H,15-16H2,1-2H3;3-12,15-16,23H,13-14,17H2,1-2H3/q4*+1. The first kappa shape index (κ1) is 98.4. The van der Waals surface area contributed by atoms with E-state index in [9.17, 15) is 42.0 Å². The number of hydrogen-bond acceptors (Lipinski definition) is 21. The van der Waals surface area contributed by atoms with Crippen LogP contribution in [0.4, 0.5) is 0 Å². The highest BCUT2D eigenvalue weighted by molar-refractivity contribution is 7.98. The highest BCUT2D eigenvalue weighted by atomic mass is 32.2. The fourth-order valence-corrected chi connectivity index (χ4v) is 33.2. The van der Waals surface area contributed by atoms with Crippen LogP contribution >= 0.6 is 0 Å². The maximum atomic E-state index is 12.9. The van der Waals surface area contributed by atoms with Crippen LogP contribution in [0, 0.1) is 90.9 Å². The summed E-state index contributed by atoms with van der Waals surface area (Å²) in [5.74, 6) is 0.936. The second-order valence-corrected chi connectivity index (χ2v) is 47.9. The van der Waals surface area contributed by atoms with Gasteiger partial charge in [0.2, 0.25) is 6.10 Å². The molecule has 0 aromatic heterocycles. The summed E-state index contributed by atoms with van der Waals surface area (Å²) in [6, 6.07) is 101. The predicted molar refractivity (Wildman–Crippen MR) is 539 cm³/mol. The summed E-state index contributed by atoms with van der Waals surface area (Å²) in [7, 11) is -4.59. The van der Waals surface area contributed by atoms with Crippen molar-refractivity contribution in [3.05, 3.63) is 336 Å². The van der Waals surface area contributed by atoms with Crippen molar-refractivity contribution in [3.8, 4) is 23.0 Å². The van der Waals surface area contributed by atoms with E-state index in [1.165, 1.54) is 58.7 Å². The maximum Gasteiger partial charge on any atom is 0.347 e. The summed E-state index contributed by atoms with van der Waals surface area (Å²) < 4.78 is 92.0. The summed E-state index contributed by atoms with van der Waals surface area (Å²) in [4.78, 5) is 101. The van der Waals surface area contributed by atoms with Gasteiger partial charge in [0.25, 0.3) is 10.1 Å². The van der Waals surface area contributed by atoms with Gasteiger partial charge in [0, 0.05) is 78.6 Å². The lowest BCUT2D eigenvalue weighted by molar-refractivity contribution is -0.191. The second-order valence-electron chi connectivity index (χ2n) is 38.0. The zero-order chi connectivity index (χ0) is 98.6. The molecule has 6 aliphatic carbocycles. The Hall–Kier alpha value is -12.4. The summed E-state index contributed by atoms with van der Waals surface area (Å²) in [6.45, 7) is 15.5. The fraction of sp³-hybridized carbons (Fsp3) is 0.319. The lowest BCUT2D eigenvalue weighted by Gasteiger charge is -2.54. The van der Waals surface area contributed by atoms with E-state index >= 15 is 0 Å². The molecular weight excluding hydrogens is 1890 g/mol. The molecule has 23 rings (SSSR count). The van der Waals surface area contributed by atoms with Crippen LogP contribution in [0.15, 0.2) is 350 Å².